The average Bonchev–Trinajstić information content (AvgIpc) is 3.34. The molecule has 0 radical (unpaired) electrons. The van der Waals surface area contributed by atoms with Crippen molar-refractivity contribution in [2.24, 2.45) is 0 Å². The van der Waals surface area contributed by atoms with Crippen LogP contribution in [0.1, 0.15) is 68.4 Å². The summed E-state index contributed by atoms with van der Waals surface area (Å²) in [4.78, 5) is 7.19. The van der Waals surface area contributed by atoms with Gasteiger partial charge in [0.15, 0.2) is 11.5 Å². The third-order valence-electron chi connectivity index (χ3n) is 6.76. The fourth-order valence-electron chi connectivity index (χ4n) is 4.90. The molecule has 5 rings (SSSR count). The van der Waals surface area contributed by atoms with Gasteiger partial charge in [0, 0.05) is 11.8 Å². The summed E-state index contributed by atoms with van der Waals surface area (Å²) in [6.45, 7) is 7.07. The van der Waals surface area contributed by atoms with Crippen molar-refractivity contribution in [3.8, 4) is 0 Å². The maximum Gasteiger partial charge on any atom is 0.198 e. The van der Waals surface area contributed by atoms with E-state index < -0.39 is 0 Å². The van der Waals surface area contributed by atoms with Gasteiger partial charge in [0.05, 0.1) is 0 Å². The SMILES string of the molecule is CC.Fc1ccc(C(CCCN2CCC(c3nc4ccccc4o3)CC2)c2ccc(F)cc2)cc1. The van der Waals surface area contributed by atoms with E-state index in [9.17, 15) is 8.78 Å². The maximum absolute atomic E-state index is 13.4. The first kappa shape index (κ1) is 25.1. The van der Waals surface area contributed by atoms with Crippen molar-refractivity contribution >= 4 is 11.1 Å². The molecule has 3 nitrogen and oxygen atoms in total. The Balaban J connectivity index is 0.00000141. The number of rotatable bonds is 7. The van der Waals surface area contributed by atoms with Crippen molar-refractivity contribution in [3.05, 3.63) is 101 Å². The Labute approximate surface area is 206 Å². The second-order valence-electron chi connectivity index (χ2n) is 8.93. The molecule has 184 valence electrons. The molecule has 1 fully saturated rings. The van der Waals surface area contributed by atoms with E-state index in [4.69, 9.17) is 4.42 Å². The lowest BCUT2D eigenvalue weighted by atomic mass is 9.87. The summed E-state index contributed by atoms with van der Waals surface area (Å²) >= 11 is 0. The lowest BCUT2D eigenvalue weighted by Gasteiger charge is -2.31. The third kappa shape index (κ3) is 6.34. The average molecular weight is 477 g/mol. The number of piperidine rings is 1. The quantitative estimate of drug-likeness (QED) is 0.271. The molecule has 5 heteroatoms. The number of para-hydroxylation sites is 2. The third-order valence-corrected chi connectivity index (χ3v) is 6.76. The molecule has 1 aliphatic rings. The van der Waals surface area contributed by atoms with Gasteiger partial charge in [-0.25, -0.2) is 13.8 Å². The molecule has 1 aliphatic heterocycles. The van der Waals surface area contributed by atoms with E-state index in [2.05, 4.69) is 9.88 Å². The first-order valence-electron chi connectivity index (χ1n) is 12.7. The van der Waals surface area contributed by atoms with Crippen molar-refractivity contribution in [3.63, 3.8) is 0 Å². The van der Waals surface area contributed by atoms with E-state index in [1.54, 1.807) is 0 Å². The second-order valence-corrected chi connectivity index (χ2v) is 8.93. The highest BCUT2D eigenvalue weighted by molar-refractivity contribution is 5.72. The molecule has 3 aromatic carbocycles. The number of aromatic nitrogens is 1. The van der Waals surface area contributed by atoms with Gasteiger partial charge in [-0.2, -0.15) is 0 Å². The van der Waals surface area contributed by atoms with Crippen LogP contribution in [0.3, 0.4) is 0 Å². The van der Waals surface area contributed by atoms with Gasteiger partial charge in [0.1, 0.15) is 17.2 Å². The number of fused-ring (bicyclic) bond motifs is 1. The number of hydrogen-bond acceptors (Lipinski definition) is 3. The highest BCUT2D eigenvalue weighted by Gasteiger charge is 2.25. The smallest absolute Gasteiger partial charge is 0.198 e. The number of hydrogen-bond donors (Lipinski definition) is 0. The van der Waals surface area contributed by atoms with Gasteiger partial charge in [0.25, 0.3) is 0 Å². The van der Waals surface area contributed by atoms with Gasteiger partial charge in [0.2, 0.25) is 0 Å². The molecule has 0 aliphatic carbocycles. The van der Waals surface area contributed by atoms with Gasteiger partial charge in [-0.15, -0.1) is 0 Å². The molecule has 1 aromatic heterocycles. The highest BCUT2D eigenvalue weighted by Crippen LogP contribution is 2.32. The Hall–Kier alpha value is -3.05. The predicted octanol–water partition coefficient (Wildman–Crippen LogP) is 7.92. The molecule has 2 heterocycles. The Morgan fingerprint density at radius 3 is 2.00 bits per heavy atom. The van der Waals surface area contributed by atoms with E-state index in [-0.39, 0.29) is 17.6 Å². The molecule has 0 bridgehead atoms. The van der Waals surface area contributed by atoms with Crippen molar-refractivity contribution in [1.29, 1.82) is 0 Å². The Morgan fingerprint density at radius 2 is 1.43 bits per heavy atom. The fraction of sp³-hybridized carbons (Fsp3) is 0.367. The number of benzene rings is 3. The van der Waals surface area contributed by atoms with E-state index in [0.717, 1.165) is 73.4 Å². The van der Waals surface area contributed by atoms with Crippen molar-refractivity contribution < 1.29 is 13.2 Å². The predicted molar refractivity (Wildman–Crippen MR) is 138 cm³/mol. The van der Waals surface area contributed by atoms with Gasteiger partial charge >= 0.3 is 0 Å². The zero-order chi connectivity index (χ0) is 24.6. The molecule has 0 N–H and O–H groups in total. The Bertz CT molecular complexity index is 1100. The zero-order valence-electron chi connectivity index (χ0n) is 20.6. The van der Waals surface area contributed by atoms with E-state index in [1.807, 2.05) is 62.4 Å². The molecule has 1 saturated heterocycles. The molecule has 0 spiro atoms. The Kier molecular flexibility index (Phi) is 8.64. The van der Waals surface area contributed by atoms with Crippen molar-refractivity contribution in [2.45, 2.75) is 51.4 Å². The fourth-order valence-corrected chi connectivity index (χ4v) is 4.90. The van der Waals surface area contributed by atoms with Gasteiger partial charge in [-0.05, 0) is 92.8 Å². The molecule has 0 atom stereocenters. The number of oxazole rings is 1. The van der Waals surface area contributed by atoms with Crippen LogP contribution in [0.4, 0.5) is 8.78 Å². The maximum atomic E-state index is 13.4. The second kappa shape index (κ2) is 12.1. The lowest BCUT2D eigenvalue weighted by Crippen LogP contribution is -2.33. The monoisotopic (exact) mass is 476 g/mol. The van der Waals surface area contributed by atoms with Crippen LogP contribution >= 0.6 is 0 Å². The number of nitrogens with zero attached hydrogens (tertiary/aromatic N) is 2. The number of halogens is 2. The summed E-state index contributed by atoms with van der Waals surface area (Å²) in [5.74, 6) is 0.892. The normalized spacial score (nSPS) is 14.8. The molecule has 4 aromatic rings. The molecular weight excluding hydrogens is 442 g/mol. The zero-order valence-corrected chi connectivity index (χ0v) is 20.6. The van der Waals surface area contributed by atoms with Crippen LogP contribution in [0, 0.1) is 11.6 Å². The summed E-state index contributed by atoms with van der Waals surface area (Å²) < 4.78 is 32.9. The number of likely N-dealkylation sites (tertiary alicyclic amines) is 1. The summed E-state index contributed by atoms with van der Waals surface area (Å²) in [6.07, 6.45) is 4.05. The summed E-state index contributed by atoms with van der Waals surface area (Å²) in [6, 6.07) is 21.3. The first-order chi connectivity index (χ1) is 17.2. The van der Waals surface area contributed by atoms with Crippen molar-refractivity contribution in [2.75, 3.05) is 19.6 Å². The summed E-state index contributed by atoms with van der Waals surface area (Å²) in [5.41, 5.74) is 3.93. The molecule has 0 amide bonds. The topological polar surface area (TPSA) is 29.3 Å². The molecule has 35 heavy (non-hydrogen) atoms. The van der Waals surface area contributed by atoms with Gasteiger partial charge < -0.3 is 9.32 Å². The summed E-state index contributed by atoms with van der Waals surface area (Å²) in [5, 5.41) is 0. The van der Waals surface area contributed by atoms with Crippen LogP contribution in [0.5, 0.6) is 0 Å². The minimum absolute atomic E-state index is 0.128. The van der Waals surface area contributed by atoms with Crippen LogP contribution in [0.15, 0.2) is 77.2 Å². The molecule has 0 unspecified atom stereocenters. The van der Waals surface area contributed by atoms with Crippen molar-refractivity contribution in [1.82, 2.24) is 9.88 Å². The van der Waals surface area contributed by atoms with Crippen LogP contribution in [-0.4, -0.2) is 29.5 Å². The Morgan fingerprint density at radius 1 is 0.857 bits per heavy atom. The minimum atomic E-state index is -0.238. The molecule has 0 saturated carbocycles. The lowest BCUT2D eigenvalue weighted by molar-refractivity contribution is 0.197. The van der Waals surface area contributed by atoms with Crippen LogP contribution in [0.2, 0.25) is 0 Å². The van der Waals surface area contributed by atoms with E-state index >= 15 is 0 Å². The van der Waals surface area contributed by atoms with E-state index in [1.165, 1.54) is 24.3 Å². The molecular formula is C30H34F2N2O. The van der Waals surface area contributed by atoms with Crippen LogP contribution < -0.4 is 0 Å². The standard InChI is InChI=1S/C28H28F2N2O.C2H6/c29-23-11-7-20(8-12-23)25(21-9-13-24(30)14-10-21)4-3-17-32-18-15-22(16-19-32)28-31-26-5-1-2-6-27(26)33-28;1-2/h1-2,5-14,22,25H,3-4,15-19H2;1-2H3. The van der Waals surface area contributed by atoms with Crippen LogP contribution in [0.25, 0.3) is 11.1 Å². The first-order valence-corrected chi connectivity index (χ1v) is 12.7. The van der Waals surface area contributed by atoms with Gasteiger partial charge in [-0.1, -0.05) is 50.2 Å². The van der Waals surface area contributed by atoms with Crippen LogP contribution in [-0.2, 0) is 0 Å². The largest absolute Gasteiger partial charge is 0.440 e. The summed E-state index contributed by atoms with van der Waals surface area (Å²) in [7, 11) is 0. The van der Waals surface area contributed by atoms with Gasteiger partial charge in [-0.3, -0.25) is 0 Å². The van der Waals surface area contributed by atoms with E-state index in [0.29, 0.717) is 5.92 Å². The minimum Gasteiger partial charge on any atom is -0.440 e. The highest BCUT2D eigenvalue weighted by atomic mass is 19.1.